The van der Waals surface area contributed by atoms with E-state index >= 15 is 0 Å². The number of fused-ring (bicyclic) bond motifs is 1. The zero-order valence-electron chi connectivity index (χ0n) is 11.1. The lowest BCUT2D eigenvalue weighted by molar-refractivity contribution is 0.317. The van der Waals surface area contributed by atoms with Gasteiger partial charge in [0.15, 0.2) is 0 Å². The second-order valence-electron chi connectivity index (χ2n) is 4.37. The van der Waals surface area contributed by atoms with Gasteiger partial charge in [-0.25, -0.2) is 0 Å². The van der Waals surface area contributed by atoms with E-state index in [1.54, 1.807) is 0 Å². The molecule has 0 saturated carbocycles. The fraction of sp³-hybridized carbons (Fsp3) is 0.375. The molecular weight excluding hydrogens is 224 g/mol. The Morgan fingerprint density at radius 3 is 1.67 bits per heavy atom. The summed E-state index contributed by atoms with van der Waals surface area (Å²) in [5.74, 6) is 1.86. The van der Waals surface area contributed by atoms with Crippen LogP contribution in [-0.2, 0) is 0 Å². The zero-order chi connectivity index (χ0) is 12.8. The van der Waals surface area contributed by atoms with Crippen molar-refractivity contribution >= 4 is 10.8 Å². The third-order valence-corrected chi connectivity index (χ3v) is 2.73. The normalized spacial score (nSPS) is 10.6. The summed E-state index contributed by atoms with van der Waals surface area (Å²) < 4.78 is 11.3. The molecule has 0 saturated heterocycles. The van der Waals surface area contributed by atoms with Crippen LogP contribution in [0.3, 0.4) is 0 Å². The van der Waals surface area contributed by atoms with E-state index in [0.29, 0.717) is 0 Å². The molecule has 0 fully saturated rings. The van der Waals surface area contributed by atoms with Crippen molar-refractivity contribution in [2.24, 2.45) is 0 Å². The molecule has 0 aliphatic carbocycles. The fourth-order valence-electron chi connectivity index (χ4n) is 1.82. The van der Waals surface area contributed by atoms with Crippen molar-refractivity contribution in [3.8, 4) is 11.5 Å². The van der Waals surface area contributed by atoms with Gasteiger partial charge in [0.1, 0.15) is 11.5 Å². The Bertz CT molecular complexity index is 463. The van der Waals surface area contributed by atoms with Crippen LogP contribution >= 0.6 is 0 Å². The van der Waals surface area contributed by atoms with Crippen LogP contribution in [0.25, 0.3) is 10.8 Å². The van der Waals surface area contributed by atoms with Gasteiger partial charge in [-0.2, -0.15) is 0 Å². The average Bonchev–Trinajstić information content (AvgIpc) is 2.42. The molecule has 18 heavy (non-hydrogen) atoms. The molecule has 2 nitrogen and oxygen atoms in total. The molecule has 0 aromatic heterocycles. The highest BCUT2D eigenvalue weighted by molar-refractivity contribution is 5.85. The number of rotatable bonds is 6. The lowest BCUT2D eigenvalue weighted by Gasteiger charge is -2.08. The molecule has 0 unspecified atom stereocenters. The van der Waals surface area contributed by atoms with Crippen molar-refractivity contribution in [2.75, 3.05) is 13.2 Å². The fourth-order valence-corrected chi connectivity index (χ4v) is 1.82. The quantitative estimate of drug-likeness (QED) is 0.749. The van der Waals surface area contributed by atoms with E-state index < -0.39 is 0 Å². The first kappa shape index (κ1) is 12.7. The molecule has 2 rings (SSSR count). The van der Waals surface area contributed by atoms with Crippen LogP contribution in [0.15, 0.2) is 36.4 Å². The standard InChI is InChI=1S/C16H20O2/c1-3-9-17-15-7-5-13-6-8-16(18-10-4-2)12-14(13)11-15/h5-8,11-12H,3-4,9-10H2,1-2H3. The molecule has 0 spiro atoms. The minimum Gasteiger partial charge on any atom is -0.494 e. The van der Waals surface area contributed by atoms with Gasteiger partial charge in [-0.1, -0.05) is 26.0 Å². The summed E-state index contributed by atoms with van der Waals surface area (Å²) in [4.78, 5) is 0. The van der Waals surface area contributed by atoms with Crippen LogP contribution in [-0.4, -0.2) is 13.2 Å². The molecule has 0 aliphatic rings. The molecule has 0 radical (unpaired) electrons. The number of benzene rings is 2. The van der Waals surface area contributed by atoms with Crippen molar-refractivity contribution in [2.45, 2.75) is 26.7 Å². The van der Waals surface area contributed by atoms with Gasteiger partial charge in [-0.05, 0) is 47.9 Å². The van der Waals surface area contributed by atoms with Gasteiger partial charge >= 0.3 is 0 Å². The lowest BCUT2D eigenvalue weighted by atomic mass is 10.1. The Kier molecular flexibility index (Phi) is 4.46. The second-order valence-corrected chi connectivity index (χ2v) is 4.37. The second kappa shape index (κ2) is 6.29. The minimum atomic E-state index is 0.761. The maximum absolute atomic E-state index is 5.64. The van der Waals surface area contributed by atoms with Gasteiger partial charge in [-0.3, -0.25) is 0 Å². The predicted octanol–water partition coefficient (Wildman–Crippen LogP) is 4.42. The van der Waals surface area contributed by atoms with Gasteiger partial charge in [0, 0.05) is 0 Å². The molecule has 0 aliphatic heterocycles. The SMILES string of the molecule is CCCOc1ccc2ccc(OCCC)cc2c1. The molecule has 0 N–H and O–H groups in total. The Morgan fingerprint density at radius 2 is 1.22 bits per heavy atom. The smallest absolute Gasteiger partial charge is 0.119 e. The Hall–Kier alpha value is -1.70. The molecular formula is C16H20O2. The first-order valence-electron chi connectivity index (χ1n) is 6.63. The first-order valence-corrected chi connectivity index (χ1v) is 6.63. The monoisotopic (exact) mass is 244 g/mol. The van der Waals surface area contributed by atoms with Crippen LogP contribution in [0, 0.1) is 0 Å². The Morgan fingerprint density at radius 1 is 0.722 bits per heavy atom. The number of hydrogen-bond acceptors (Lipinski definition) is 2. The van der Waals surface area contributed by atoms with Gasteiger partial charge in [-0.15, -0.1) is 0 Å². The summed E-state index contributed by atoms with van der Waals surface area (Å²) in [6, 6.07) is 12.4. The maximum atomic E-state index is 5.64. The molecule has 0 heterocycles. The van der Waals surface area contributed by atoms with Crippen molar-refractivity contribution in [3.05, 3.63) is 36.4 Å². The van der Waals surface area contributed by atoms with Crippen LogP contribution in [0.1, 0.15) is 26.7 Å². The lowest BCUT2D eigenvalue weighted by Crippen LogP contribution is -1.95. The number of ether oxygens (including phenoxy) is 2. The van der Waals surface area contributed by atoms with E-state index in [4.69, 9.17) is 9.47 Å². The minimum absolute atomic E-state index is 0.761. The van der Waals surface area contributed by atoms with E-state index in [0.717, 1.165) is 42.9 Å². The summed E-state index contributed by atoms with van der Waals surface area (Å²) in [5.41, 5.74) is 0. The molecule has 96 valence electrons. The third-order valence-electron chi connectivity index (χ3n) is 2.73. The molecule has 0 atom stereocenters. The zero-order valence-corrected chi connectivity index (χ0v) is 11.1. The van der Waals surface area contributed by atoms with E-state index in [2.05, 4.69) is 38.1 Å². The molecule has 2 aromatic rings. The van der Waals surface area contributed by atoms with Crippen molar-refractivity contribution in [1.82, 2.24) is 0 Å². The number of hydrogen-bond donors (Lipinski definition) is 0. The highest BCUT2D eigenvalue weighted by atomic mass is 16.5. The summed E-state index contributed by atoms with van der Waals surface area (Å²) in [5, 5.41) is 2.37. The Labute approximate surface area is 109 Å². The third kappa shape index (κ3) is 3.16. The highest BCUT2D eigenvalue weighted by Gasteiger charge is 2.00. The van der Waals surface area contributed by atoms with Crippen molar-refractivity contribution < 1.29 is 9.47 Å². The summed E-state index contributed by atoms with van der Waals surface area (Å²) in [6.07, 6.45) is 2.05. The Balaban J connectivity index is 2.22. The van der Waals surface area contributed by atoms with Crippen molar-refractivity contribution in [3.63, 3.8) is 0 Å². The molecule has 2 heteroatoms. The van der Waals surface area contributed by atoms with E-state index in [1.807, 2.05) is 12.1 Å². The molecule has 0 amide bonds. The van der Waals surface area contributed by atoms with E-state index in [-0.39, 0.29) is 0 Å². The summed E-state index contributed by atoms with van der Waals surface area (Å²) >= 11 is 0. The summed E-state index contributed by atoms with van der Waals surface area (Å²) in [7, 11) is 0. The van der Waals surface area contributed by atoms with Crippen LogP contribution in [0.5, 0.6) is 11.5 Å². The summed E-state index contributed by atoms with van der Waals surface area (Å²) in [6.45, 7) is 5.74. The van der Waals surface area contributed by atoms with Crippen LogP contribution < -0.4 is 9.47 Å². The van der Waals surface area contributed by atoms with Crippen molar-refractivity contribution in [1.29, 1.82) is 0 Å². The molecule has 0 bridgehead atoms. The first-order chi connectivity index (χ1) is 8.83. The van der Waals surface area contributed by atoms with Gasteiger partial charge in [0.25, 0.3) is 0 Å². The average molecular weight is 244 g/mol. The largest absolute Gasteiger partial charge is 0.494 e. The van der Waals surface area contributed by atoms with Crippen LogP contribution in [0.2, 0.25) is 0 Å². The van der Waals surface area contributed by atoms with E-state index in [1.165, 1.54) is 5.39 Å². The van der Waals surface area contributed by atoms with Gasteiger partial charge in [0.2, 0.25) is 0 Å². The highest BCUT2D eigenvalue weighted by Crippen LogP contribution is 2.25. The maximum Gasteiger partial charge on any atom is 0.119 e. The van der Waals surface area contributed by atoms with Crippen LogP contribution in [0.4, 0.5) is 0 Å². The predicted molar refractivity (Wildman–Crippen MR) is 75.5 cm³/mol. The topological polar surface area (TPSA) is 18.5 Å². The van der Waals surface area contributed by atoms with Gasteiger partial charge in [0.05, 0.1) is 13.2 Å². The van der Waals surface area contributed by atoms with Gasteiger partial charge < -0.3 is 9.47 Å². The van der Waals surface area contributed by atoms with E-state index in [9.17, 15) is 0 Å². The molecule has 2 aromatic carbocycles.